The number of Topliss-reactive ketones (excluding diaryl/α,β-unsaturated/α-hetero) is 1. The fourth-order valence-corrected chi connectivity index (χ4v) is 2.11. The lowest BCUT2D eigenvalue weighted by molar-refractivity contribution is -0.117. The summed E-state index contributed by atoms with van der Waals surface area (Å²) in [5, 5.41) is 0. The van der Waals surface area contributed by atoms with Crippen LogP contribution >= 0.6 is 22.6 Å². The Morgan fingerprint density at radius 2 is 1.67 bits per heavy atom. The van der Waals surface area contributed by atoms with Crippen LogP contribution in [0, 0.1) is 9.39 Å². The van der Waals surface area contributed by atoms with Gasteiger partial charge in [-0.1, -0.05) is 30.3 Å². The second kappa shape index (κ2) is 6.09. The molecule has 0 atom stereocenters. The zero-order valence-corrected chi connectivity index (χ0v) is 11.9. The summed E-state index contributed by atoms with van der Waals surface area (Å²) in [6, 6.07) is 14.2. The van der Waals surface area contributed by atoms with Crippen molar-refractivity contribution in [2.24, 2.45) is 0 Å². The summed E-state index contributed by atoms with van der Waals surface area (Å²) in [5.41, 5.74) is 1.43. The third-order valence-corrected chi connectivity index (χ3v) is 3.38. The fraction of sp³-hybridized carbons (Fsp3) is 0.133. The molecule has 0 aromatic heterocycles. The Balaban J connectivity index is 2.01. The van der Waals surface area contributed by atoms with E-state index in [1.54, 1.807) is 18.2 Å². The van der Waals surface area contributed by atoms with E-state index >= 15 is 0 Å². The third kappa shape index (κ3) is 3.63. The molecule has 0 fully saturated rings. The van der Waals surface area contributed by atoms with Crippen molar-refractivity contribution in [3.63, 3.8) is 0 Å². The summed E-state index contributed by atoms with van der Waals surface area (Å²) < 4.78 is 14.5. The van der Waals surface area contributed by atoms with Crippen LogP contribution in [-0.4, -0.2) is 5.78 Å². The summed E-state index contributed by atoms with van der Waals surface area (Å²) in [6.45, 7) is 0. The smallest absolute Gasteiger partial charge is 0.141 e. The predicted octanol–water partition coefficient (Wildman–Crippen LogP) is 3.78. The quantitative estimate of drug-likeness (QED) is 0.764. The van der Waals surface area contributed by atoms with Crippen LogP contribution in [0.25, 0.3) is 0 Å². The Morgan fingerprint density at radius 3 is 2.33 bits per heavy atom. The van der Waals surface area contributed by atoms with Gasteiger partial charge in [0.2, 0.25) is 0 Å². The molecule has 0 aliphatic rings. The normalized spacial score (nSPS) is 10.3. The minimum Gasteiger partial charge on any atom is -0.299 e. The second-order valence-corrected chi connectivity index (χ2v) is 5.36. The van der Waals surface area contributed by atoms with Crippen molar-refractivity contribution < 1.29 is 9.18 Å². The predicted molar refractivity (Wildman–Crippen MR) is 78.0 cm³/mol. The average Bonchev–Trinajstić information content (AvgIpc) is 2.35. The second-order valence-electron chi connectivity index (χ2n) is 4.11. The summed E-state index contributed by atoms with van der Waals surface area (Å²) in [5.74, 6) is -0.283. The lowest BCUT2D eigenvalue weighted by Gasteiger charge is -2.03. The van der Waals surface area contributed by atoms with Crippen molar-refractivity contribution in [1.82, 2.24) is 0 Å². The zero-order chi connectivity index (χ0) is 13.0. The Labute approximate surface area is 119 Å². The highest BCUT2D eigenvalue weighted by Gasteiger charge is 2.08. The van der Waals surface area contributed by atoms with E-state index in [2.05, 4.69) is 22.6 Å². The molecule has 2 aromatic rings. The number of halogens is 2. The first kappa shape index (κ1) is 13.2. The van der Waals surface area contributed by atoms with Gasteiger partial charge in [-0.3, -0.25) is 4.79 Å². The van der Waals surface area contributed by atoms with Crippen molar-refractivity contribution in [1.29, 1.82) is 0 Å². The van der Waals surface area contributed by atoms with Crippen LogP contribution in [0.4, 0.5) is 4.39 Å². The molecule has 0 amide bonds. The zero-order valence-electron chi connectivity index (χ0n) is 9.70. The van der Waals surface area contributed by atoms with Gasteiger partial charge in [-0.15, -0.1) is 0 Å². The maximum Gasteiger partial charge on any atom is 0.141 e. The largest absolute Gasteiger partial charge is 0.299 e. The van der Waals surface area contributed by atoms with Crippen LogP contribution < -0.4 is 0 Å². The number of carbonyl (C=O) groups is 1. The van der Waals surface area contributed by atoms with E-state index in [0.717, 1.165) is 9.13 Å². The van der Waals surface area contributed by atoms with E-state index in [9.17, 15) is 9.18 Å². The standard InChI is InChI=1S/C15H12FIO/c16-15-4-2-1-3-12(15)10-14(18)9-11-5-7-13(17)8-6-11/h1-8H,9-10H2. The SMILES string of the molecule is O=C(Cc1ccc(I)cc1)Cc1ccccc1F. The Bertz CT molecular complexity index is 549. The molecular weight excluding hydrogens is 342 g/mol. The summed E-state index contributed by atoms with van der Waals surface area (Å²) in [6.07, 6.45) is 0.504. The van der Waals surface area contributed by atoms with Gasteiger partial charge in [0.1, 0.15) is 11.6 Å². The Morgan fingerprint density at radius 1 is 1.00 bits per heavy atom. The molecule has 18 heavy (non-hydrogen) atoms. The van der Waals surface area contributed by atoms with Crippen molar-refractivity contribution in [2.45, 2.75) is 12.8 Å². The summed E-state index contributed by atoms with van der Waals surface area (Å²) in [4.78, 5) is 11.9. The van der Waals surface area contributed by atoms with Gasteiger partial charge in [0, 0.05) is 16.4 Å². The van der Waals surface area contributed by atoms with E-state index in [-0.39, 0.29) is 18.0 Å². The Kier molecular flexibility index (Phi) is 4.47. The van der Waals surface area contributed by atoms with Gasteiger partial charge in [-0.2, -0.15) is 0 Å². The van der Waals surface area contributed by atoms with Crippen molar-refractivity contribution in [2.75, 3.05) is 0 Å². The van der Waals surface area contributed by atoms with Gasteiger partial charge in [0.15, 0.2) is 0 Å². The molecule has 92 valence electrons. The first-order valence-electron chi connectivity index (χ1n) is 5.65. The summed E-state index contributed by atoms with van der Waals surface area (Å²) >= 11 is 2.22. The van der Waals surface area contributed by atoms with Crippen molar-refractivity contribution >= 4 is 28.4 Å². The molecule has 0 aliphatic carbocycles. The molecule has 2 rings (SSSR count). The van der Waals surface area contributed by atoms with Crippen LogP contribution in [0.1, 0.15) is 11.1 Å². The van der Waals surface area contributed by atoms with Gasteiger partial charge in [0.25, 0.3) is 0 Å². The molecule has 0 unspecified atom stereocenters. The first-order valence-corrected chi connectivity index (χ1v) is 6.72. The van der Waals surface area contributed by atoms with Gasteiger partial charge in [-0.05, 0) is 51.9 Å². The lowest BCUT2D eigenvalue weighted by atomic mass is 10.0. The highest BCUT2D eigenvalue weighted by Crippen LogP contribution is 2.11. The molecule has 3 heteroatoms. The molecule has 0 heterocycles. The van der Waals surface area contributed by atoms with E-state index in [0.29, 0.717) is 12.0 Å². The number of hydrogen-bond acceptors (Lipinski definition) is 1. The molecule has 0 saturated heterocycles. The van der Waals surface area contributed by atoms with Gasteiger partial charge in [0.05, 0.1) is 0 Å². The fourth-order valence-electron chi connectivity index (χ4n) is 1.75. The minimum atomic E-state index is -0.312. The van der Waals surface area contributed by atoms with Gasteiger partial charge < -0.3 is 0 Å². The molecule has 0 radical (unpaired) electrons. The molecule has 2 aromatic carbocycles. The molecule has 0 N–H and O–H groups in total. The highest BCUT2D eigenvalue weighted by molar-refractivity contribution is 14.1. The molecular formula is C15H12FIO. The van der Waals surface area contributed by atoms with Crippen LogP contribution in [-0.2, 0) is 17.6 Å². The van der Waals surface area contributed by atoms with Crippen LogP contribution in [0.3, 0.4) is 0 Å². The van der Waals surface area contributed by atoms with Crippen LogP contribution in [0.15, 0.2) is 48.5 Å². The third-order valence-electron chi connectivity index (χ3n) is 2.66. The van der Waals surface area contributed by atoms with Crippen molar-refractivity contribution in [3.8, 4) is 0 Å². The van der Waals surface area contributed by atoms with Gasteiger partial charge >= 0.3 is 0 Å². The van der Waals surface area contributed by atoms with E-state index in [1.165, 1.54) is 6.07 Å². The topological polar surface area (TPSA) is 17.1 Å². The maximum absolute atomic E-state index is 13.4. The average molecular weight is 354 g/mol. The van der Waals surface area contributed by atoms with Crippen LogP contribution in [0.5, 0.6) is 0 Å². The number of ketones is 1. The lowest BCUT2D eigenvalue weighted by Crippen LogP contribution is -2.07. The van der Waals surface area contributed by atoms with E-state index in [4.69, 9.17) is 0 Å². The van der Waals surface area contributed by atoms with Crippen LogP contribution in [0.2, 0.25) is 0 Å². The number of rotatable bonds is 4. The van der Waals surface area contributed by atoms with E-state index < -0.39 is 0 Å². The van der Waals surface area contributed by atoms with Gasteiger partial charge in [-0.25, -0.2) is 4.39 Å². The van der Waals surface area contributed by atoms with E-state index in [1.807, 2.05) is 24.3 Å². The molecule has 0 spiro atoms. The molecule has 0 aliphatic heterocycles. The first-order chi connectivity index (χ1) is 8.65. The van der Waals surface area contributed by atoms with Crippen molar-refractivity contribution in [3.05, 3.63) is 69.0 Å². The number of benzene rings is 2. The maximum atomic E-state index is 13.4. The number of hydrogen-bond donors (Lipinski definition) is 0. The summed E-state index contributed by atoms with van der Waals surface area (Å²) in [7, 11) is 0. The minimum absolute atomic E-state index is 0.0290. The highest BCUT2D eigenvalue weighted by atomic mass is 127. The Hall–Kier alpha value is -1.23. The molecule has 0 bridgehead atoms. The molecule has 0 saturated carbocycles. The molecule has 1 nitrogen and oxygen atoms in total. The monoisotopic (exact) mass is 354 g/mol. The number of carbonyl (C=O) groups excluding carboxylic acids is 1.